The van der Waals surface area contributed by atoms with Gasteiger partial charge in [-0.3, -0.25) is 0 Å². The third-order valence-corrected chi connectivity index (χ3v) is 12.8. The summed E-state index contributed by atoms with van der Waals surface area (Å²) in [6, 6.07) is 14.2. The Kier molecular flexibility index (Phi) is 8.61. The number of carbonyl (C=O) groups is 1. The number of carbonyl (C=O) groups excluding carboxylic acids is 1. The normalized spacial score (nSPS) is 20.8. The van der Waals surface area contributed by atoms with Crippen molar-refractivity contribution in [3.8, 4) is 11.8 Å². The first-order valence-corrected chi connectivity index (χ1v) is 15.7. The summed E-state index contributed by atoms with van der Waals surface area (Å²) in [6.07, 6.45) is 5.71. The molecule has 1 aromatic carbocycles. The third-order valence-electron chi connectivity index (χ3n) is 7.19. The molecule has 3 nitrogen and oxygen atoms in total. The first-order chi connectivity index (χ1) is 15.6. The van der Waals surface area contributed by atoms with Crippen LogP contribution in [0.15, 0.2) is 42.5 Å². The summed E-state index contributed by atoms with van der Waals surface area (Å²) in [5, 5.41) is 0.193. The van der Waals surface area contributed by atoms with Crippen LogP contribution in [0.1, 0.15) is 66.6 Å². The van der Waals surface area contributed by atoms with Crippen molar-refractivity contribution in [1.82, 2.24) is 0 Å². The van der Waals surface area contributed by atoms with Gasteiger partial charge in [-0.2, -0.15) is 0 Å². The Morgan fingerprint density at radius 2 is 1.85 bits per heavy atom. The monoisotopic (exact) mass is 482 g/mol. The summed E-state index contributed by atoms with van der Waals surface area (Å²) >= 11 is 1.55. The Labute approximate surface area is 205 Å². The average molecular weight is 483 g/mol. The lowest BCUT2D eigenvalue weighted by atomic mass is 9.90. The smallest absolute Gasteiger partial charge is 0.348 e. The minimum absolute atomic E-state index is 0.193. The SMILES string of the molecule is COC(=O)c1ccc(CCC[C@H]2CCC(O[Si](C)(C)C(C)(C)C)[C@@H]2C#Cc2ccccc2)s1. The zero-order valence-electron chi connectivity index (χ0n) is 20.9. The van der Waals surface area contributed by atoms with E-state index in [2.05, 4.69) is 63.9 Å². The number of esters is 1. The molecule has 1 heterocycles. The van der Waals surface area contributed by atoms with Crippen molar-refractivity contribution < 1.29 is 14.0 Å². The van der Waals surface area contributed by atoms with Crippen LogP contribution in [0.2, 0.25) is 18.1 Å². The van der Waals surface area contributed by atoms with Gasteiger partial charge in [0, 0.05) is 16.4 Å². The molecular weight excluding hydrogens is 444 g/mol. The number of aryl methyl sites for hydroxylation is 1. The Balaban J connectivity index is 1.69. The lowest BCUT2D eigenvalue weighted by Crippen LogP contribution is -2.45. The number of rotatable bonds is 7. The molecule has 5 heteroatoms. The van der Waals surface area contributed by atoms with Gasteiger partial charge in [0.15, 0.2) is 8.32 Å². The Hall–Kier alpha value is -1.87. The van der Waals surface area contributed by atoms with Crippen LogP contribution in [0, 0.1) is 23.7 Å². The van der Waals surface area contributed by atoms with Crippen LogP contribution >= 0.6 is 11.3 Å². The Morgan fingerprint density at radius 3 is 2.52 bits per heavy atom. The molecule has 0 amide bonds. The molecule has 1 saturated carbocycles. The van der Waals surface area contributed by atoms with Crippen LogP contribution in [-0.4, -0.2) is 27.5 Å². The van der Waals surface area contributed by atoms with Crippen molar-refractivity contribution >= 4 is 25.6 Å². The van der Waals surface area contributed by atoms with Crippen molar-refractivity contribution in [3.05, 3.63) is 57.8 Å². The summed E-state index contributed by atoms with van der Waals surface area (Å²) < 4.78 is 11.7. The predicted octanol–water partition coefficient (Wildman–Crippen LogP) is 7.33. The average Bonchev–Trinajstić information content (AvgIpc) is 3.39. The van der Waals surface area contributed by atoms with Crippen LogP contribution in [-0.2, 0) is 15.6 Å². The molecule has 33 heavy (non-hydrogen) atoms. The topological polar surface area (TPSA) is 35.5 Å². The number of methoxy groups -OCH3 is 1. The summed E-state index contributed by atoms with van der Waals surface area (Å²) in [5.41, 5.74) is 1.07. The molecule has 2 aromatic rings. The second-order valence-electron chi connectivity index (χ2n) is 10.6. The molecular formula is C28H38O3SSi. The van der Waals surface area contributed by atoms with Gasteiger partial charge >= 0.3 is 5.97 Å². The fraction of sp³-hybridized carbons (Fsp3) is 0.536. The molecule has 0 saturated heterocycles. The van der Waals surface area contributed by atoms with Crippen molar-refractivity contribution in [2.75, 3.05) is 7.11 Å². The van der Waals surface area contributed by atoms with Crippen LogP contribution in [0.3, 0.4) is 0 Å². The molecule has 1 aliphatic carbocycles. The van der Waals surface area contributed by atoms with Gasteiger partial charge in [0.05, 0.1) is 13.2 Å². The highest BCUT2D eigenvalue weighted by Gasteiger charge is 2.44. The molecule has 1 unspecified atom stereocenters. The van der Waals surface area contributed by atoms with E-state index in [4.69, 9.17) is 9.16 Å². The molecule has 1 fully saturated rings. The number of ether oxygens (including phenoxy) is 1. The standard InChI is InChI=1S/C28H38O3SSi/c1-28(2,3)33(5,6)31-25-19-16-22(24(25)18-15-21-11-8-7-9-12-21)13-10-14-23-17-20-26(32-23)27(29)30-4/h7-9,11-12,17,20,22,24-25H,10,13-14,16,19H2,1-6H3/t22-,24+,25?/m0/s1. The maximum Gasteiger partial charge on any atom is 0.348 e. The van der Waals surface area contributed by atoms with Crippen molar-refractivity contribution in [1.29, 1.82) is 0 Å². The van der Waals surface area contributed by atoms with Crippen molar-refractivity contribution in [2.45, 2.75) is 77.1 Å². The predicted molar refractivity (Wildman–Crippen MR) is 140 cm³/mol. The van der Waals surface area contributed by atoms with Crippen LogP contribution in [0.25, 0.3) is 0 Å². The zero-order chi connectivity index (χ0) is 24.1. The van der Waals surface area contributed by atoms with Crippen LogP contribution in [0.5, 0.6) is 0 Å². The van der Waals surface area contributed by atoms with Crippen LogP contribution < -0.4 is 0 Å². The first-order valence-electron chi connectivity index (χ1n) is 12.0. The fourth-order valence-electron chi connectivity index (χ4n) is 4.21. The van der Waals surface area contributed by atoms with E-state index < -0.39 is 8.32 Å². The molecule has 1 aliphatic rings. The minimum atomic E-state index is -1.86. The van der Waals surface area contributed by atoms with E-state index in [9.17, 15) is 4.79 Å². The Morgan fingerprint density at radius 1 is 1.12 bits per heavy atom. The molecule has 1 aromatic heterocycles. The second kappa shape index (κ2) is 11.0. The van der Waals surface area contributed by atoms with E-state index in [1.807, 2.05) is 24.3 Å². The highest BCUT2D eigenvalue weighted by molar-refractivity contribution is 7.13. The molecule has 0 N–H and O–H groups in total. The van der Waals surface area contributed by atoms with Gasteiger partial charge in [-0.15, -0.1) is 11.3 Å². The fourth-order valence-corrected chi connectivity index (χ4v) is 6.55. The molecule has 3 atom stereocenters. The molecule has 3 rings (SSSR count). The largest absolute Gasteiger partial charge is 0.465 e. The maximum absolute atomic E-state index is 11.7. The molecule has 0 aliphatic heterocycles. The number of benzene rings is 1. The summed E-state index contributed by atoms with van der Waals surface area (Å²) in [6.45, 7) is 11.6. The van der Waals surface area contributed by atoms with Gasteiger partial charge in [0.2, 0.25) is 0 Å². The van der Waals surface area contributed by atoms with Gasteiger partial charge in [0.25, 0.3) is 0 Å². The van der Waals surface area contributed by atoms with E-state index in [0.29, 0.717) is 10.8 Å². The number of hydrogen-bond donors (Lipinski definition) is 0. The lowest BCUT2D eigenvalue weighted by Gasteiger charge is -2.39. The van der Waals surface area contributed by atoms with Crippen LogP contribution in [0.4, 0.5) is 0 Å². The van der Waals surface area contributed by atoms with E-state index >= 15 is 0 Å². The number of hydrogen-bond acceptors (Lipinski definition) is 4. The Bertz CT molecular complexity index is 978. The lowest BCUT2D eigenvalue weighted by molar-refractivity contribution is 0.0606. The maximum atomic E-state index is 11.7. The zero-order valence-corrected chi connectivity index (χ0v) is 22.8. The van der Waals surface area contributed by atoms with Gasteiger partial charge in [-0.25, -0.2) is 4.79 Å². The van der Waals surface area contributed by atoms with Gasteiger partial charge in [-0.05, 0) is 80.4 Å². The van der Waals surface area contributed by atoms with Gasteiger partial charge in [-0.1, -0.05) is 50.8 Å². The summed E-state index contributed by atoms with van der Waals surface area (Å²) in [7, 11) is -0.424. The quantitative estimate of drug-likeness (QED) is 0.235. The highest BCUT2D eigenvalue weighted by atomic mass is 32.1. The van der Waals surface area contributed by atoms with E-state index in [-0.39, 0.29) is 23.0 Å². The summed E-state index contributed by atoms with van der Waals surface area (Å²) in [5.74, 6) is 7.65. The molecule has 0 bridgehead atoms. The molecule has 178 valence electrons. The summed E-state index contributed by atoms with van der Waals surface area (Å²) in [4.78, 5) is 13.7. The molecule has 0 spiro atoms. The van der Waals surface area contributed by atoms with E-state index in [0.717, 1.165) is 31.2 Å². The van der Waals surface area contributed by atoms with Gasteiger partial charge < -0.3 is 9.16 Å². The highest BCUT2D eigenvalue weighted by Crippen LogP contribution is 2.43. The number of thiophene rings is 1. The minimum Gasteiger partial charge on any atom is -0.465 e. The van der Waals surface area contributed by atoms with Crippen molar-refractivity contribution in [3.63, 3.8) is 0 Å². The second-order valence-corrected chi connectivity index (χ2v) is 16.5. The third kappa shape index (κ3) is 6.82. The molecule has 0 radical (unpaired) electrons. The first kappa shape index (κ1) is 25.7. The van der Waals surface area contributed by atoms with E-state index in [1.165, 1.54) is 18.4 Å². The van der Waals surface area contributed by atoms with E-state index in [1.54, 1.807) is 11.3 Å². The van der Waals surface area contributed by atoms with Crippen molar-refractivity contribution in [2.24, 2.45) is 11.8 Å². The van der Waals surface area contributed by atoms with Gasteiger partial charge in [0.1, 0.15) is 4.88 Å².